The van der Waals surface area contributed by atoms with Gasteiger partial charge in [-0.1, -0.05) is 84.9 Å². The van der Waals surface area contributed by atoms with Gasteiger partial charge in [-0.2, -0.15) is 0 Å². The summed E-state index contributed by atoms with van der Waals surface area (Å²) in [6, 6.07) is 31.5. The Morgan fingerprint density at radius 2 is 0.875 bits per heavy atom. The Kier molecular flexibility index (Phi) is 8.20. The Morgan fingerprint density at radius 3 is 1.34 bits per heavy atom. The molecule has 4 aromatic rings. The van der Waals surface area contributed by atoms with Crippen molar-refractivity contribution < 1.29 is 25.8 Å². The monoisotopic (exact) mass is 624 g/mol. The molecular formula is C29H26Cl2Hf. The average molecular weight is 624 g/mol. The molecule has 3 heteroatoms. The van der Waals surface area contributed by atoms with Crippen molar-refractivity contribution in [1.82, 2.24) is 0 Å². The van der Waals surface area contributed by atoms with E-state index in [0.717, 1.165) is 25.7 Å². The average Bonchev–Trinajstić information content (AvgIpc) is 3.33. The number of hydrogen-bond donors (Lipinski definition) is 0. The van der Waals surface area contributed by atoms with Gasteiger partial charge in [-0.3, -0.25) is 0 Å². The minimum atomic E-state index is 0. The number of rotatable bonds is 4. The Balaban J connectivity index is 0.000000963. The third-order valence-electron chi connectivity index (χ3n) is 6.79. The van der Waals surface area contributed by atoms with Crippen LogP contribution in [0.5, 0.6) is 0 Å². The Morgan fingerprint density at radius 1 is 0.469 bits per heavy atom. The van der Waals surface area contributed by atoms with Gasteiger partial charge in [0.25, 0.3) is 0 Å². The molecule has 0 amide bonds. The second-order valence-corrected chi connectivity index (χ2v) is 8.41. The van der Waals surface area contributed by atoms with E-state index in [0.29, 0.717) is 0 Å². The van der Waals surface area contributed by atoms with Crippen LogP contribution in [0.2, 0.25) is 0 Å². The maximum Gasteiger partial charge on any atom is 0 e. The zero-order valence-electron chi connectivity index (χ0n) is 17.9. The largest absolute Gasteiger partial charge is 0.147 e. The fraction of sp³-hybridized carbons (Fsp3) is 0.172. The molecule has 0 saturated carbocycles. The van der Waals surface area contributed by atoms with Crippen molar-refractivity contribution in [2.75, 3.05) is 0 Å². The van der Waals surface area contributed by atoms with Crippen LogP contribution in [-0.4, -0.2) is 0 Å². The van der Waals surface area contributed by atoms with Gasteiger partial charge in [0, 0.05) is 25.8 Å². The molecular weight excluding hydrogens is 598 g/mol. The third kappa shape index (κ3) is 4.28. The smallest absolute Gasteiger partial charge is 0 e. The first-order valence-electron chi connectivity index (χ1n) is 10.8. The van der Waals surface area contributed by atoms with Crippen LogP contribution in [0.25, 0.3) is 22.3 Å². The minimum Gasteiger partial charge on any atom is -0.147 e. The van der Waals surface area contributed by atoms with Gasteiger partial charge in [-0.05, 0) is 87.7 Å². The van der Waals surface area contributed by atoms with Crippen LogP contribution in [0.4, 0.5) is 0 Å². The second kappa shape index (κ2) is 10.5. The molecule has 0 aliphatic heterocycles. The van der Waals surface area contributed by atoms with Crippen LogP contribution < -0.4 is 0 Å². The van der Waals surface area contributed by atoms with E-state index >= 15 is 0 Å². The van der Waals surface area contributed by atoms with Crippen LogP contribution in [0, 0.1) is 0 Å². The molecule has 4 aromatic carbocycles. The summed E-state index contributed by atoms with van der Waals surface area (Å²) in [7, 11) is 0. The number of benzene rings is 4. The first-order valence-corrected chi connectivity index (χ1v) is 10.8. The second-order valence-electron chi connectivity index (χ2n) is 8.41. The Labute approximate surface area is 222 Å². The quantitative estimate of drug-likeness (QED) is 0.176. The van der Waals surface area contributed by atoms with Gasteiger partial charge >= 0.3 is 0 Å². The van der Waals surface area contributed by atoms with E-state index in [1.807, 2.05) is 0 Å². The predicted molar refractivity (Wildman–Crippen MR) is 136 cm³/mol. The van der Waals surface area contributed by atoms with Crippen LogP contribution >= 0.6 is 24.8 Å². The van der Waals surface area contributed by atoms with Crippen molar-refractivity contribution in [2.24, 2.45) is 0 Å². The molecule has 0 N–H and O–H groups in total. The van der Waals surface area contributed by atoms with Gasteiger partial charge in [-0.15, -0.1) is 24.8 Å². The molecule has 0 radical (unpaired) electrons. The molecule has 0 saturated heterocycles. The van der Waals surface area contributed by atoms with Crippen molar-refractivity contribution in [2.45, 2.75) is 32.1 Å². The molecule has 2 aliphatic carbocycles. The summed E-state index contributed by atoms with van der Waals surface area (Å²) in [6.45, 7) is 0. The molecule has 0 atom stereocenters. The van der Waals surface area contributed by atoms with Crippen LogP contribution in [0.3, 0.4) is 0 Å². The van der Waals surface area contributed by atoms with Crippen molar-refractivity contribution in [3.05, 3.63) is 118 Å². The van der Waals surface area contributed by atoms with E-state index in [2.05, 4.69) is 84.9 Å². The summed E-state index contributed by atoms with van der Waals surface area (Å²) in [6.07, 6.45) is 5.72. The molecule has 32 heavy (non-hydrogen) atoms. The molecule has 0 nitrogen and oxygen atoms in total. The van der Waals surface area contributed by atoms with E-state index in [1.165, 1.54) is 50.9 Å². The summed E-state index contributed by atoms with van der Waals surface area (Å²) < 4.78 is 0. The van der Waals surface area contributed by atoms with Gasteiger partial charge < -0.3 is 0 Å². The molecule has 160 valence electrons. The zero-order valence-corrected chi connectivity index (χ0v) is 23.2. The van der Waals surface area contributed by atoms with E-state index in [1.54, 1.807) is 11.1 Å². The Hall–Kier alpha value is -1.67. The van der Waals surface area contributed by atoms with E-state index in [-0.39, 0.29) is 50.7 Å². The number of halogens is 2. The fourth-order valence-corrected chi connectivity index (χ4v) is 5.38. The summed E-state index contributed by atoms with van der Waals surface area (Å²) in [5.74, 6) is 0. The fourth-order valence-electron chi connectivity index (χ4n) is 5.38. The normalized spacial score (nSPS) is 11.8. The summed E-state index contributed by atoms with van der Waals surface area (Å²) in [5.41, 5.74) is 14.9. The SMILES string of the molecule is Cl.Cl.[Hf].c1ccc2c(c1)Cc1c(CCCc3cccc4c3Cc3ccccc3-4)cccc1-2. The maximum atomic E-state index is 2.34. The van der Waals surface area contributed by atoms with Crippen LogP contribution in [-0.2, 0) is 51.5 Å². The topological polar surface area (TPSA) is 0 Å². The minimum absolute atomic E-state index is 0. The van der Waals surface area contributed by atoms with Gasteiger partial charge in [-0.25, -0.2) is 0 Å². The van der Waals surface area contributed by atoms with Crippen molar-refractivity contribution in [3.63, 3.8) is 0 Å². The van der Waals surface area contributed by atoms with Gasteiger partial charge in [0.1, 0.15) is 0 Å². The van der Waals surface area contributed by atoms with Gasteiger partial charge in [0.05, 0.1) is 0 Å². The third-order valence-corrected chi connectivity index (χ3v) is 6.79. The number of fused-ring (bicyclic) bond motifs is 6. The Bertz CT molecular complexity index is 1150. The maximum absolute atomic E-state index is 2.34. The van der Waals surface area contributed by atoms with E-state index < -0.39 is 0 Å². The number of aryl methyl sites for hydroxylation is 2. The predicted octanol–water partition coefficient (Wildman–Crippen LogP) is 7.85. The molecule has 2 aliphatic rings. The molecule has 0 unspecified atom stereocenters. The molecule has 0 aromatic heterocycles. The molecule has 0 heterocycles. The summed E-state index contributed by atoms with van der Waals surface area (Å²) >= 11 is 0. The van der Waals surface area contributed by atoms with Crippen molar-refractivity contribution in [3.8, 4) is 22.3 Å². The van der Waals surface area contributed by atoms with E-state index in [4.69, 9.17) is 0 Å². The van der Waals surface area contributed by atoms with Gasteiger partial charge in [0.2, 0.25) is 0 Å². The van der Waals surface area contributed by atoms with Crippen LogP contribution in [0.1, 0.15) is 39.8 Å². The zero-order chi connectivity index (χ0) is 19.2. The first-order chi connectivity index (χ1) is 14.4. The standard InChI is InChI=1S/C29H24.2ClH.Hf/c1-3-14-24-22(8-1)18-28-20(12-6-16-26(24)28)10-5-11-21-13-7-17-27-25-15-4-2-9-23(25)19-29(21)27;;;/h1-4,6-9,12-17H,5,10-11,18-19H2;2*1H;. The van der Waals surface area contributed by atoms with E-state index in [9.17, 15) is 0 Å². The van der Waals surface area contributed by atoms with Crippen molar-refractivity contribution >= 4 is 24.8 Å². The van der Waals surface area contributed by atoms with Crippen LogP contribution in [0.15, 0.2) is 84.9 Å². The first kappa shape index (κ1) is 25.0. The molecule has 0 spiro atoms. The number of hydrogen-bond acceptors (Lipinski definition) is 0. The molecule has 0 bridgehead atoms. The summed E-state index contributed by atoms with van der Waals surface area (Å²) in [4.78, 5) is 0. The van der Waals surface area contributed by atoms with Crippen molar-refractivity contribution in [1.29, 1.82) is 0 Å². The molecule has 6 rings (SSSR count). The molecule has 0 fully saturated rings. The summed E-state index contributed by atoms with van der Waals surface area (Å²) in [5, 5.41) is 0. The van der Waals surface area contributed by atoms with Gasteiger partial charge in [0.15, 0.2) is 0 Å².